The van der Waals surface area contributed by atoms with Gasteiger partial charge in [0.25, 0.3) is 17.7 Å². The lowest BCUT2D eigenvalue weighted by Gasteiger charge is -2.10. The maximum Gasteiger partial charge on any atom is 0.259 e. The number of carbonyl (C=O) groups is 3. The van der Waals surface area contributed by atoms with Crippen LogP contribution in [0, 0.1) is 0 Å². The summed E-state index contributed by atoms with van der Waals surface area (Å²) in [7, 11) is 1.45. The van der Waals surface area contributed by atoms with Crippen LogP contribution in [0.1, 0.15) is 31.1 Å². The summed E-state index contributed by atoms with van der Waals surface area (Å²) in [5.41, 5.74) is 1.17. The van der Waals surface area contributed by atoms with Crippen LogP contribution in [0.25, 0.3) is 0 Å². The van der Waals surface area contributed by atoms with E-state index in [-0.39, 0.29) is 16.7 Å². The summed E-state index contributed by atoms with van der Waals surface area (Å²) in [5, 5.41) is 5.25. The van der Waals surface area contributed by atoms with E-state index in [4.69, 9.17) is 16.3 Å². The Morgan fingerprint density at radius 2 is 1.83 bits per heavy atom. The molecule has 2 aromatic rings. The molecule has 2 N–H and O–H groups in total. The van der Waals surface area contributed by atoms with E-state index in [1.54, 1.807) is 18.2 Å². The Morgan fingerprint density at radius 3 is 2.57 bits per heavy atom. The average molecular weight is 331 g/mol. The second kappa shape index (κ2) is 5.73. The fourth-order valence-corrected chi connectivity index (χ4v) is 2.47. The average Bonchev–Trinajstić information content (AvgIpc) is 2.81. The molecule has 0 unspecified atom stereocenters. The van der Waals surface area contributed by atoms with Gasteiger partial charge in [-0.2, -0.15) is 0 Å². The van der Waals surface area contributed by atoms with Gasteiger partial charge in [-0.25, -0.2) is 0 Å². The molecule has 116 valence electrons. The van der Waals surface area contributed by atoms with Crippen molar-refractivity contribution in [2.45, 2.75) is 0 Å². The number of halogens is 1. The quantitative estimate of drug-likeness (QED) is 0.847. The summed E-state index contributed by atoms with van der Waals surface area (Å²) < 4.78 is 5.14. The fraction of sp³-hybridized carbons (Fsp3) is 0.0625. The molecular weight excluding hydrogens is 320 g/mol. The van der Waals surface area contributed by atoms with Crippen LogP contribution >= 0.6 is 11.6 Å². The number of hydrogen-bond donors (Lipinski definition) is 2. The molecule has 0 spiro atoms. The Morgan fingerprint density at radius 1 is 1.09 bits per heavy atom. The van der Waals surface area contributed by atoms with Gasteiger partial charge in [0.05, 0.1) is 23.8 Å². The van der Waals surface area contributed by atoms with Crippen molar-refractivity contribution in [2.24, 2.45) is 0 Å². The molecule has 1 aliphatic rings. The molecule has 6 nitrogen and oxygen atoms in total. The smallest absolute Gasteiger partial charge is 0.259 e. The zero-order valence-corrected chi connectivity index (χ0v) is 12.7. The Kier molecular flexibility index (Phi) is 3.75. The van der Waals surface area contributed by atoms with E-state index >= 15 is 0 Å². The molecule has 0 atom stereocenters. The zero-order chi connectivity index (χ0) is 16.6. The summed E-state index contributed by atoms with van der Waals surface area (Å²) >= 11 is 5.91. The minimum Gasteiger partial charge on any atom is -0.496 e. The van der Waals surface area contributed by atoms with Gasteiger partial charge in [0.1, 0.15) is 5.75 Å². The third kappa shape index (κ3) is 2.76. The summed E-state index contributed by atoms with van der Waals surface area (Å²) in [6.45, 7) is 0. The summed E-state index contributed by atoms with van der Waals surface area (Å²) in [6, 6.07) is 9.17. The highest BCUT2D eigenvalue weighted by atomic mass is 35.5. The van der Waals surface area contributed by atoms with Gasteiger partial charge < -0.3 is 10.1 Å². The third-order valence-corrected chi connectivity index (χ3v) is 3.63. The van der Waals surface area contributed by atoms with Crippen molar-refractivity contribution < 1.29 is 19.1 Å². The lowest BCUT2D eigenvalue weighted by molar-refractivity contribution is 0.0878. The molecule has 1 aliphatic heterocycles. The van der Waals surface area contributed by atoms with E-state index < -0.39 is 17.7 Å². The maximum atomic E-state index is 12.4. The fourth-order valence-electron chi connectivity index (χ4n) is 2.30. The molecule has 0 saturated carbocycles. The van der Waals surface area contributed by atoms with E-state index in [9.17, 15) is 14.4 Å². The molecule has 2 aromatic carbocycles. The lowest BCUT2D eigenvalue weighted by Crippen LogP contribution is -2.19. The van der Waals surface area contributed by atoms with Gasteiger partial charge in [-0.05, 0) is 36.4 Å². The zero-order valence-electron chi connectivity index (χ0n) is 12.0. The van der Waals surface area contributed by atoms with E-state index in [0.717, 1.165) is 0 Å². The van der Waals surface area contributed by atoms with Crippen LogP contribution in [0.3, 0.4) is 0 Å². The first-order valence-corrected chi connectivity index (χ1v) is 7.02. The van der Waals surface area contributed by atoms with Crippen molar-refractivity contribution >= 4 is 35.0 Å². The van der Waals surface area contributed by atoms with Gasteiger partial charge in [-0.1, -0.05) is 11.6 Å². The molecule has 0 aliphatic carbocycles. The van der Waals surface area contributed by atoms with Crippen molar-refractivity contribution in [1.29, 1.82) is 0 Å². The van der Waals surface area contributed by atoms with Crippen LogP contribution < -0.4 is 15.4 Å². The molecule has 0 saturated heterocycles. The molecule has 0 aromatic heterocycles. The van der Waals surface area contributed by atoms with Crippen LogP contribution in [-0.2, 0) is 0 Å². The SMILES string of the molecule is COc1ccc(Cl)cc1C(=O)Nc1ccc2c(c1)C(=O)NC2=O. The monoisotopic (exact) mass is 330 g/mol. The van der Waals surface area contributed by atoms with E-state index in [1.165, 1.54) is 25.3 Å². The molecule has 1 heterocycles. The number of carbonyl (C=O) groups excluding carboxylic acids is 3. The highest BCUT2D eigenvalue weighted by Gasteiger charge is 2.27. The number of imide groups is 1. The van der Waals surface area contributed by atoms with Gasteiger partial charge in [0.2, 0.25) is 0 Å². The summed E-state index contributed by atoms with van der Waals surface area (Å²) in [5.74, 6) is -0.990. The number of amides is 3. The van der Waals surface area contributed by atoms with Gasteiger partial charge in [-0.15, -0.1) is 0 Å². The highest BCUT2D eigenvalue weighted by Crippen LogP contribution is 2.25. The predicted molar refractivity (Wildman–Crippen MR) is 84.2 cm³/mol. The van der Waals surface area contributed by atoms with Crippen LogP contribution in [0.15, 0.2) is 36.4 Å². The summed E-state index contributed by atoms with van der Waals surface area (Å²) in [4.78, 5) is 35.5. The largest absolute Gasteiger partial charge is 0.496 e. The minimum atomic E-state index is -0.485. The van der Waals surface area contributed by atoms with Crippen molar-refractivity contribution in [3.8, 4) is 5.75 Å². The van der Waals surface area contributed by atoms with Gasteiger partial charge in [0.15, 0.2) is 0 Å². The number of anilines is 1. The van der Waals surface area contributed by atoms with Crippen LogP contribution in [0.5, 0.6) is 5.75 Å². The highest BCUT2D eigenvalue weighted by molar-refractivity contribution is 6.31. The Labute approximate surface area is 136 Å². The number of hydrogen-bond acceptors (Lipinski definition) is 4. The lowest BCUT2D eigenvalue weighted by atomic mass is 10.1. The topological polar surface area (TPSA) is 84.5 Å². The van der Waals surface area contributed by atoms with Gasteiger partial charge in [0, 0.05) is 10.7 Å². The number of benzene rings is 2. The third-order valence-electron chi connectivity index (χ3n) is 3.40. The first-order chi connectivity index (χ1) is 11.0. The molecule has 0 fully saturated rings. The molecule has 7 heteroatoms. The minimum absolute atomic E-state index is 0.228. The Bertz CT molecular complexity index is 848. The second-order valence-electron chi connectivity index (χ2n) is 4.84. The van der Waals surface area contributed by atoms with E-state index in [2.05, 4.69) is 10.6 Å². The standard InChI is InChI=1S/C16H11ClN2O4/c1-23-13-5-2-8(17)6-12(13)16(22)18-9-3-4-10-11(7-9)15(21)19-14(10)20/h2-7H,1H3,(H,18,22)(H,19,20,21). The predicted octanol–water partition coefficient (Wildman–Crippen LogP) is 2.48. The van der Waals surface area contributed by atoms with Gasteiger partial charge >= 0.3 is 0 Å². The first-order valence-electron chi connectivity index (χ1n) is 6.64. The second-order valence-corrected chi connectivity index (χ2v) is 5.28. The number of nitrogens with one attached hydrogen (secondary N) is 2. The maximum absolute atomic E-state index is 12.4. The first kappa shape index (κ1) is 15.1. The number of ether oxygens (including phenoxy) is 1. The number of methoxy groups -OCH3 is 1. The van der Waals surface area contributed by atoms with Crippen molar-refractivity contribution in [3.05, 3.63) is 58.1 Å². The van der Waals surface area contributed by atoms with Crippen LogP contribution in [0.4, 0.5) is 5.69 Å². The molecule has 3 rings (SSSR count). The number of fused-ring (bicyclic) bond motifs is 1. The molecule has 0 bridgehead atoms. The normalized spacial score (nSPS) is 12.6. The Balaban J connectivity index is 1.90. The van der Waals surface area contributed by atoms with E-state index in [1.807, 2.05) is 0 Å². The van der Waals surface area contributed by atoms with Crippen molar-refractivity contribution in [3.63, 3.8) is 0 Å². The molecular formula is C16H11ClN2O4. The van der Waals surface area contributed by atoms with Crippen molar-refractivity contribution in [1.82, 2.24) is 5.32 Å². The van der Waals surface area contributed by atoms with Crippen molar-refractivity contribution in [2.75, 3.05) is 12.4 Å². The summed E-state index contributed by atoms with van der Waals surface area (Å²) in [6.07, 6.45) is 0. The van der Waals surface area contributed by atoms with Gasteiger partial charge in [-0.3, -0.25) is 19.7 Å². The van der Waals surface area contributed by atoms with E-state index in [0.29, 0.717) is 16.5 Å². The van der Waals surface area contributed by atoms with Crippen LogP contribution in [-0.4, -0.2) is 24.8 Å². The Hall–Kier alpha value is -2.86. The van der Waals surface area contributed by atoms with Crippen LogP contribution in [0.2, 0.25) is 5.02 Å². The molecule has 3 amide bonds. The number of rotatable bonds is 3. The molecule has 0 radical (unpaired) electrons. The molecule has 23 heavy (non-hydrogen) atoms.